The Kier molecular flexibility index (Phi) is 6.20. The van der Waals surface area contributed by atoms with E-state index >= 15 is 0 Å². The first-order valence-electron chi connectivity index (χ1n) is 8.16. The van der Waals surface area contributed by atoms with Crippen molar-refractivity contribution < 1.29 is 4.74 Å². The van der Waals surface area contributed by atoms with Gasteiger partial charge < -0.3 is 15.0 Å². The molecule has 124 valence electrons. The molecule has 0 atom stereocenters. The Balaban J connectivity index is 2.02. The molecular formula is C18H26N4O. The van der Waals surface area contributed by atoms with Crippen LogP contribution < -0.4 is 15.0 Å². The van der Waals surface area contributed by atoms with E-state index in [-0.39, 0.29) is 6.10 Å². The van der Waals surface area contributed by atoms with Crippen LogP contribution in [0.1, 0.15) is 33.6 Å². The normalized spacial score (nSPS) is 10.7. The van der Waals surface area contributed by atoms with Crippen molar-refractivity contribution in [1.82, 2.24) is 9.97 Å². The molecule has 0 radical (unpaired) electrons. The van der Waals surface area contributed by atoms with Crippen LogP contribution >= 0.6 is 0 Å². The Labute approximate surface area is 138 Å². The fraction of sp³-hybridized carbons (Fsp3) is 0.444. The van der Waals surface area contributed by atoms with Gasteiger partial charge in [-0.05, 0) is 50.6 Å². The molecule has 5 nitrogen and oxygen atoms in total. The lowest BCUT2D eigenvalue weighted by Gasteiger charge is -2.18. The zero-order chi connectivity index (χ0) is 16.7. The Hall–Kier alpha value is -2.30. The maximum Gasteiger partial charge on any atom is 0.229 e. The summed E-state index contributed by atoms with van der Waals surface area (Å²) >= 11 is 0. The molecule has 0 saturated carbocycles. The second-order valence-electron chi connectivity index (χ2n) is 5.83. The highest BCUT2D eigenvalue weighted by molar-refractivity contribution is 5.56. The average molecular weight is 314 g/mol. The maximum atomic E-state index is 5.64. The van der Waals surface area contributed by atoms with Crippen molar-refractivity contribution in [1.29, 1.82) is 0 Å². The van der Waals surface area contributed by atoms with E-state index < -0.39 is 0 Å². The van der Waals surface area contributed by atoms with E-state index in [1.807, 2.05) is 44.2 Å². The van der Waals surface area contributed by atoms with E-state index in [9.17, 15) is 0 Å². The number of benzene rings is 1. The summed E-state index contributed by atoms with van der Waals surface area (Å²) in [6.07, 6.45) is 4.28. The van der Waals surface area contributed by atoms with Crippen molar-refractivity contribution in [2.75, 3.05) is 23.8 Å². The van der Waals surface area contributed by atoms with E-state index in [1.54, 1.807) is 6.20 Å². The molecule has 2 rings (SSSR count). The second kappa shape index (κ2) is 8.36. The van der Waals surface area contributed by atoms with Gasteiger partial charge in [-0.2, -0.15) is 4.98 Å². The molecule has 0 saturated heterocycles. The van der Waals surface area contributed by atoms with Gasteiger partial charge in [-0.25, -0.2) is 4.98 Å². The summed E-state index contributed by atoms with van der Waals surface area (Å²) in [5, 5.41) is 3.23. The topological polar surface area (TPSA) is 50.3 Å². The third kappa shape index (κ3) is 5.43. The molecule has 0 aliphatic carbocycles. The van der Waals surface area contributed by atoms with Crippen LogP contribution in [0.5, 0.6) is 5.75 Å². The van der Waals surface area contributed by atoms with E-state index in [2.05, 4.69) is 34.2 Å². The monoisotopic (exact) mass is 314 g/mol. The summed E-state index contributed by atoms with van der Waals surface area (Å²) in [6.45, 7) is 7.21. The Morgan fingerprint density at radius 3 is 2.57 bits per heavy atom. The maximum absolute atomic E-state index is 5.64. The fourth-order valence-corrected chi connectivity index (χ4v) is 2.15. The first-order chi connectivity index (χ1) is 11.1. The number of unbranched alkanes of at least 4 members (excludes halogenated alkanes) is 1. The Morgan fingerprint density at radius 2 is 1.91 bits per heavy atom. The summed E-state index contributed by atoms with van der Waals surface area (Å²) in [5.74, 6) is 2.39. The van der Waals surface area contributed by atoms with Crippen LogP contribution in [-0.4, -0.2) is 29.7 Å². The van der Waals surface area contributed by atoms with Gasteiger partial charge in [0.2, 0.25) is 5.95 Å². The minimum Gasteiger partial charge on any atom is -0.491 e. The predicted molar refractivity (Wildman–Crippen MR) is 95.7 cm³/mol. The first-order valence-corrected chi connectivity index (χ1v) is 8.16. The largest absolute Gasteiger partial charge is 0.491 e. The SMILES string of the molecule is CCCCN(C)c1ccnc(Nc2ccc(OC(C)C)cc2)n1. The van der Waals surface area contributed by atoms with Crippen molar-refractivity contribution in [2.24, 2.45) is 0 Å². The number of hydrogen-bond acceptors (Lipinski definition) is 5. The third-order valence-electron chi connectivity index (χ3n) is 3.36. The van der Waals surface area contributed by atoms with E-state index in [0.717, 1.165) is 30.2 Å². The van der Waals surface area contributed by atoms with Crippen LogP contribution in [0.4, 0.5) is 17.5 Å². The number of hydrogen-bond donors (Lipinski definition) is 1. The standard InChI is InChI=1S/C18H26N4O/c1-5-6-13-22(4)17-11-12-19-18(21-17)20-15-7-9-16(10-8-15)23-14(2)3/h7-12,14H,5-6,13H2,1-4H3,(H,19,20,21). The van der Waals surface area contributed by atoms with Crippen molar-refractivity contribution in [2.45, 2.75) is 39.7 Å². The van der Waals surface area contributed by atoms with Crippen LogP contribution in [0.15, 0.2) is 36.5 Å². The van der Waals surface area contributed by atoms with Gasteiger partial charge in [0.15, 0.2) is 0 Å². The molecule has 0 amide bonds. The predicted octanol–water partition coefficient (Wildman–Crippen LogP) is 4.24. The minimum atomic E-state index is 0.174. The summed E-state index contributed by atoms with van der Waals surface area (Å²) in [5.41, 5.74) is 0.939. The summed E-state index contributed by atoms with van der Waals surface area (Å²) in [6, 6.07) is 9.75. The van der Waals surface area contributed by atoms with Crippen LogP contribution in [0.3, 0.4) is 0 Å². The van der Waals surface area contributed by atoms with Crippen LogP contribution in [0.2, 0.25) is 0 Å². The molecule has 0 unspecified atom stereocenters. The lowest BCUT2D eigenvalue weighted by molar-refractivity contribution is 0.242. The van der Waals surface area contributed by atoms with Gasteiger partial charge in [0.1, 0.15) is 11.6 Å². The number of nitrogens with one attached hydrogen (secondary N) is 1. The molecule has 1 aromatic heterocycles. The molecule has 1 heterocycles. The highest BCUT2D eigenvalue weighted by Gasteiger charge is 2.05. The molecule has 1 N–H and O–H groups in total. The Morgan fingerprint density at radius 1 is 1.17 bits per heavy atom. The van der Waals surface area contributed by atoms with Gasteiger partial charge in [0, 0.05) is 25.5 Å². The molecule has 0 spiro atoms. The zero-order valence-corrected chi connectivity index (χ0v) is 14.4. The van der Waals surface area contributed by atoms with E-state index in [1.165, 1.54) is 6.42 Å². The lowest BCUT2D eigenvalue weighted by atomic mass is 10.3. The molecule has 0 aliphatic heterocycles. The van der Waals surface area contributed by atoms with Crippen molar-refractivity contribution >= 4 is 17.5 Å². The number of anilines is 3. The van der Waals surface area contributed by atoms with E-state index in [0.29, 0.717) is 5.95 Å². The molecule has 2 aromatic rings. The number of aromatic nitrogens is 2. The van der Waals surface area contributed by atoms with Gasteiger partial charge in [0.05, 0.1) is 6.10 Å². The van der Waals surface area contributed by atoms with Crippen molar-refractivity contribution in [3.8, 4) is 5.75 Å². The van der Waals surface area contributed by atoms with Gasteiger partial charge in [0.25, 0.3) is 0 Å². The van der Waals surface area contributed by atoms with Gasteiger partial charge in [-0.3, -0.25) is 0 Å². The Bertz CT molecular complexity index is 598. The van der Waals surface area contributed by atoms with E-state index in [4.69, 9.17) is 4.74 Å². The highest BCUT2D eigenvalue weighted by Crippen LogP contribution is 2.20. The van der Waals surface area contributed by atoms with Gasteiger partial charge >= 0.3 is 0 Å². The molecule has 5 heteroatoms. The third-order valence-corrected chi connectivity index (χ3v) is 3.36. The quantitative estimate of drug-likeness (QED) is 0.789. The summed E-state index contributed by atoms with van der Waals surface area (Å²) < 4.78 is 5.64. The number of ether oxygens (including phenoxy) is 1. The molecule has 0 fully saturated rings. The number of nitrogens with zero attached hydrogens (tertiary/aromatic N) is 3. The highest BCUT2D eigenvalue weighted by atomic mass is 16.5. The molecule has 1 aromatic carbocycles. The number of rotatable bonds is 8. The molecule has 23 heavy (non-hydrogen) atoms. The molecular weight excluding hydrogens is 288 g/mol. The second-order valence-corrected chi connectivity index (χ2v) is 5.83. The lowest BCUT2D eigenvalue weighted by Crippen LogP contribution is -2.19. The van der Waals surface area contributed by atoms with Crippen molar-refractivity contribution in [3.05, 3.63) is 36.5 Å². The molecule has 0 bridgehead atoms. The average Bonchev–Trinajstić information content (AvgIpc) is 2.54. The van der Waals surface area contributed by atoms with Gasteiger partial charge in [-0.1, -0.05) is 13.3 Å². The van der Waals surface area contributed by atoms with Crippen LogP contribution in [0, 0.1) is 0 Å². The first kappa shape index (κ1) is 17.1. The smallest absolute Gasteiger partial charge is 0.229 e. The fourth-order valence-electron chi connectivity index (χ4n) is 2.15. The molecule has 0 aliphatic rings. The van der Waals surface area contributed by atoms with Crippen LogP contribution in [0.25, 0.3) is 0 Å². The minimum absolute atomic E-state index is 0.174. The summed E-state index contributed by atoms with van der Waals surface area (Å²) in [4.78, 5) is 11.0. The summed E-state index contributed by atoms with van der Waals surface area (Å²) in [7, 11) is 2.06. The van der Waals surface area contributed by atoms with Gasteiger partial charge in [-0.15, -0.1) is 0 Å². The van der Waals surface area contributed by atoms with Crippen molar-refractivity contribution in [3.63, 3.8) is 0 Å². The van der Waals surface area contributed by atoms with Crippen LogP contribution in [-0.2, 0) is 0 Å². The zero-order valence-electron chi connectivity index (χ0n) is 14.4.